The number of rotatable bonds is 8. The van der Waals surface area contributed by atoms with Crippen LogP contribution in [0.1, 0.15) is 57.6 Å². The van der Waals surface area contributed by atoms with Gasteiger partial charge in [-0.25, -0.2) is 22.8 Å². The van der Waals surface area contributed by atoms with Crippen LogP contribution in [-0.4, -0.2) is 49.7 Å². The molecule has 1 aromatic heterocycles. The lowest BCUT2D eigenvalue weighted by Crippen LogP contribution is -2.32. The molecule has 14 heteroatoms. The largest absolute Gasteiger partial charge is 0.390 e. The van der Waals surface area contributed by atoms with Crippen molar-refractivity contribution in [2.24, 2.45) is 15.7 Å². The molecule has 1 saturated carbocycles. The molecular formula is C26H34F4N6O3S. The highest BCUT2D eigenvalue weighted by molar-refractivity contribution is 7.92. The molecule has 0 spiro atoms. The van der Waals surface area contributed by atoms with E-state index in [1.165, 1.54) is 10.6 Å². The molecule has 1 aliphatic carbocycles. The minimum absolute atomic E-state index is 0.0251. The first-order valence-corrected chi connectivity index (χ1v) is 14.5. The summed E-state index contributed by atoms with van der Waals surface area (Å²) in [7, 11) is -4.45. The fourth-order valence-electron chi connectivity index (χ4n) is 4.57. The molecule has 1 aliphatic rings. The van der Waals surface area contributed by atoms with Gasteiger partial charge in [-0.1, -0.05) is 6.07 Å². The Balaban J connectivity index is 1.94. The molecule has 0 saturated heterocycles. The zero-order chi connectivity index (χ0) is 29.8. The first-order chi connectivity index (χ1) is 18.6. The minimum Gasteiger partial charge on any atom is -0.328 e. The molecule has 3 rings (SSSR count). The van der Waals surface area contributed by atoms with Crippen molar-refractivity contribution < 1.29 is 26.0 Å². The van der Waals surface area contributed by atoms with Crippen LogP contribution in [0.3, 0.4) is 0 Å². The Bertz CT molecular complexity index is 1440. The van der Waals surface area contributed by atoms with E-state index in [4.69, 9.17) is 5.73 Å². The van der Waals surface area contributed by atoms with Crippen LogP contribution in [-0.2, 0) is 10.0 Å². The molecule has 0 unspecified atom stereocenters. The summed E-state index contributed by atoms with van der Waals surface area (Å²) in [5, 5.41) is 3.11. The van der Waals surface area contributed by atoms with Gasteiger partial charge in [0, 0.05) is 17.6 Å². The molecular weight excluding hydrogens is 552 g/mol. The summed E-state index contributed by atoms with van der Waals surface area (Å²) in [4.78, 5) is 22.2. The topological polar surface area (TPSA) is 131 Å². The maximum atomic E-state index is 14.9. The monoisotopic (exact) mass is 586 g/mol. The van der Waals surface area contributed by atoms with Gasteiger partial charge in [-0.3, -0.25) is 14.1 Å². The number of alkyl halides is 3. The van der Waals surface area contributed by atoms with E-state index < -0.39 is 45.4 Å². The van der Waals surface area contributed by atoms with Crippen LogP contribution in [0.2, 0.25) is 0 Å². The van der Waals surface area contributed by atoms with E-state index in [0.29, 0.717) is 11.4 Å². The number of guanidine groups is 1. The summed E-state index contributed by atoms with van der Waals surface area (Å²) in [6.07, 6.45) is -2.77. The van der Waals surface area contributed by atoms with Crippen LogP contribution in [0.4, 0.5) is 29.1 Å². The van der Waals surface area contributed by atoms with Crippen molar-refractivity contribution in [3.63, 3.8) is 0 Å². The maximum absolute atomic E-state index is 14.9. The predicted octanol–water partition coefficient (Wildman–Crippen LogP) is 4.98. The van der Waals surface area contributed by atoms with Gasteiger partial charge < -0.3 is 11.1 Å². The van der Waals surface area contributed by atoms with Gasteiger partial charge in [-0.2, -0.15) is 13.2 Å². The number of hydrogen-bond donors (Lipinski definition) is 3. The summed E-state index contributed by atoms with van der Waals surface area (Å²) < 4.78 is 79.4. The number of nitrogens with one attached hydrogen (secondary N) is 2. The number of nitrogens with zero attached hydrogens (tertiary/aromatic N) is 3. The van der Waals surface area contributed by atoms with Crippen LogP contribution < -0.4 is 21.3 Å². The van der Waals surface area contributed by atoms with Crippen LogP contribution in [0.15, 0.2) is 39.0 Å². The van der Waals surface area contributed by atoms with Crippen LogP contribution in [0.5, 0.6) is 0 Å². The number of sulfonamides is 1. The molecule has 0 radical (unpaired) electrons. The van der Waals surface area contributed by atoms with Gasteiger partial charge in [0.15, 0.2) is 0 Å². The third-order valence-corrected chi connectivity index (χ3v) is 7.79. The lowest BCUT2D eigenvalue weighted by atomic mass is 9.92. The molecule has 1 fully saturated rings. The van der Waals surface area contributed by atoms with E-state index in [1.54, 1.807) is 26.8 Å². The van der Waals surface area contributed by atoms with E-state index in [1.807, 2.05) is 4.72 Å². The molecule has 0 bridgehead atoms. The van der Waals surface area contributed by atoms with Crippen molar-refractivity contribution in [2.45, 2.75) is 77.2 Å². The summed E-state index contributed by atoms with van der Waals surface area (Å²) in [6.45, 7) is 8.94. The quantitative estimate of drug-likeness (QED) is 0.228. The summed E-state index contributed by atoms with van der Waals surface area (Å²) in [6, 6.07) is 4.62. The summed E-state index contributed by atoms with van der Waals surface area (Å²) in [5.41, 5.74) is 6.02. The van der Waals surface area contributed by atoms with E-state index in [-0.39, 0.29) is 35.2 Å². The van der Waals surface area contributed by atoms with Crippen LogP contribution in [0, 0.1) is 12.7 Å². The SMILES string of the molecule is C=NC(=N[C@H]1CCC[C@H](N)C1)Nc1c(C)cc(-c2ccc(NS(=O)(=O)CCC(F)(F)F)c(F)c2)c(=O)n1C(C)C. The number of aromatic nitrogens is 1. The molecule has 2 atom stereocenters. The molecule has 4 N–H and O–H groups in total. The molecule has 1 aromatic carbocycles. The lowest BCUT2D eigenvalue weighted by molar-refractivity contribution is -0.129. The number of pyridine rings is 1. The zero-order valence-electron chi connectivity index (χ0n) is 22.6. The Kier molecular flexibility index (Phi) is 9.77. The average Bonchev–Trinajstić information content (AvgIpc) is 2.85. The van der Waals surface area contributed by atoms with E-state index in [9.17, 15) is 30.8 Å². The number of aliphatic imine (C=N–C) groups is 2. The fourth-order valence-corrected chi connectivity index (χ4v) is 5.67. The Hall–Kier alpha value is -3.26. The highest BCUT2D eigenvalue weighted by Crippen LogP contribution is 2.28. The average molecular weight is 587 g/mol. The molecule has 9 nitrogen and oxygen atoms in total. The molecule has 220 valence electrons. The normalized spacial score (nSPS) is 18.6. The zero-order valence-corrected chi connectivity index (χ0v) is 23.4. The van der Waals surface area contributed by atoms with Gasteiger partial charge in [-0.15, -0.1) is 0 Å². The van der Waals surface area contributed by atoms with Gasteiger partial charge >= 0.3 is 6.18 Å². The van der Waals surface area contributed by atoms with Crippen molar-refractivity contribution in [2.75, 3.05) is 15.8 Å². The Morgan fingerprint density at radius 3 is 2.52 bits per heavy atom. The number of benzene rings is 1. The first kappa shape index (κ1) is 31.3. The van der Waals surface area contributed by atoms with Crippen molar-refractivity contribution in [3.8, 4) is 11.1 Å². The Morgan fingerprint density at radius 1 is 1.25 bits per heavy atom. The van der Waals surface area contributed by atoms with Gasteiger partial charge in [0.25, 0.3) is 5.56 Å². The fraction of sp³-hybridized carbons (Fsp3) is 0.500. The predicted molar refractivity (Wildman–Crippen MR) is 150 cm³/mol. The Morgan fingerprint density at radius 2 is 1.95 bits per heavy atom. The number of aryl methyl sites for hydroxylation is 1. The smallest absolute Gasteiger partial charge is 0.328 e. The maximum Gasteiger partial charge on any atom is 0.390 e. The van der Waals surface area contributed by atoms with Crippen molar-refractivity contribution in [1.29, 1.82) is 0 Å². The number of nitrogens with two attached hydrogens (primary N) is 1. The highest BCUT2D eigenvalue weighted by Gasteiger charge is 2.30. The molecule has 40 heavy (non-hydrogen) atoms. The Labute approximate surface area is 230 Å². The minimum atomic E-state index is -4.68. The second kappa shape index (κ2) is 12.5. The first-order valence-electron chi connectivity index (χ1n) is 12.8. The van der Waals surface area contributed by atoms with E-state index in [2.05, 4.69) is 22.0 Å². The summed E-state index contributed by atoms with van der Waals surface area (Å²) >= 11 is 0. The van der Waals surface area contributed by atoms with Crippen molar-refractivity contribution >= 4 is 34.2 Å². The number of halogens is 4. The third kappa shape index (κ3) is 8.13. The lowest BCUT2D eigenvalue weighted by Gasteiger charge is -2.25. The van der Waals surface area contributed by atoms with Gasteiger partial charge in [-0.05, 0) is 82.5 Å². The molecule has 0 amide bonds. The van der Waals surface area contributed by atoms with E-state index >= 15 is 0 Å². The molecule has 2 aromatic rings. The van der Waals surface area contributed by atoms with Crippen molar-refractivity contribution in [3.05, 3.63) is 46.0 Å². The van der Waals surface area contributed by atoms with Gasteiger partial charge in [0.05, 0.1) is 23.9 Å². The third-order valence-electron chi connectivity index (χ3n) is 6.51. The second-order valence-electron chi connectivity index (χ2n) is 10.2. The number of anilines is 2. The molecule has 1 heterocycles. The van der Waals surface area contributed by atoms with Gasteiger partial charge in [0.1, 0.15) is 11.6 Å². The number of hydrogen-bond acceptors (Lipinski definition) is 5. The summed E-state index contributed by atoms with van der Waals surface area (Å²) in [5.74, 6) is -1.61. The van der Waals surface area contributed by atoms with Crippen LogP contribution in [0.25, 0.3) is 11.1 Å². The molecule has 0 aliphatic heterocycles. The highest BCUT2D eigenvalue weighted by atomic mass is 32.2. The van der Waals surface area contributed by atoms with Gasteiger partial charge in [0.2, 0.25) is 16.0 Å². The standard InChI is InChI=1S/C26H34F4N6O3S/c1-15(2)36-23(34-25(32-4)33-19-7-5-6-18(31)14-19)16(3)12-20(24(36)37)17-8-9-22(21(27)13-17)35-40(38,39)11-10-26(28,29)30/h8-9,12-13,15,18-19,35H,4-7,10-11,14,31H2,1-3H3,(H,33,34)/t18-,19-/m0/s1. The van der Waals surface area contributed by atoms with Crippen molar-refractivity contribution in [1.82, 2.24) is 4.57 Å². The van der Waals surface area contributed by atoms with Crippen LogP contribution >= 0.6 is 0 Å². The second-order valence-corrected chi connectivity index (χ2v) is 12.0. The van der Waals surface area contributed by atoms with E-state index in [0.717, 1.165) is 37.8 Å².